The molecule has 1 aliphatic heterocycles. The highest BCUT2D eigenvalue weighted by Crippen LogP contribution is 2.22. The van der Waals surface area contributed by atoms with E-state index in [2.05, 4.69) is 0 Å². The summed E-state index contributed by atoms with van der Waals surface area (Å²) in [6.07, 6.45) is 2.32. The van der Waals surface area contributed by atoms with E-state index in [1.165, 1.54) is 0 Å². The van der Waals surface area contributed by atoms with E-state index in [4.69, 9.17) is 9.84 Å². The molecule has 4 nitrogen and oxygen atoms in total. The molecule has 0 aromatic heterocycles. The number of aliphatic carboxylic acids is 1. The fraction of sp³-hybridized carbons (Fsp3) is 0.900. The Morgan fingerprint density at radius 2 is 1.93 bits per heavy atom. The molecule has 0 aromatic carbocycles. The summed E-state index contributed by atoms with van der Waals surface area (Å²) in [5.74, 6) is -0.765. The van der Waals surface area contributed by atoms with Crippen molar-refractivity contribution < 1.29 is 14.6 Å². The van der Waals surface area contributed by atoms with Crippen LogP contribution in [0, 0.1) is 0 Å². The highest BCUT2D eigenvalue weighted by Gasteiger charge is 2.27. The molecular formula is C10H19NO3. The molecule has 1 saturated heterocycles. The zero-order valence-electron chi connectivity index (χ0n) is 9.06. The van der Waals surface area contributed by atoms with Gasteiger partial charge in [-0.3, -0.25) is 9.69 Å². The molecule has 2 atom stereocenters. The predicted molar refractivity (Wildman–Crippen MR) is 53.3 cm³/mol. The molecule has 0 spiro atoms. The van der Waals surface area contributed by atoms with E-state index in [0.29, 0.717) is 6.04 Å². The fourth-order valence-corrected chi connectivity index (χ4v) is 2.07. The summed E-state index contributed by atoms with van der Waals surface area (Å²) in [7, 11) is 1.86. The van der Waals surface area contributed by atoms with Gasteiger partial charge in [0.05, 0.1) is 18.8 Å². The first-order valence-electron chi connectivity index (χ1n) is 5.06. The third kappa shape index (κ3) is 3.27. The Morgan fingerprint density at radius 1 is 1.43 bits per heavy atom. The monoisotopic (exact) mass is 201 g/mol. The highest BCUT2D eigenvalue weighted by molar-refractivity contribution is 5.69. The van der Waals surface area contributed by atoms with Crippen LogP contribution in [0.1, 0.15) is 26.7 Å². The average Bonchev–Trinajstić information content (AvgIpc) is 2.00. The molecule has 0 aromatic rings. The number of hydrogen-bond donors (Lipinski definition) is 1. The third-order valence-electron chi connectivity index (χ3n) is 2.68. The van der Waals surface area contributed by atoms with Crippen LogP contribution in [0.2, 0.25) is 0 Å². The van der Waals surface area contributed by atoms with Crippen LogP contribution in [0.15, 0.2) is 0 Å². The molecule has 0 bridgehead atoms. The summed E-state index contributed by atoms with van der Waals surface area (Å²) >= 11 is 0. The number of rotatable bonds is 3. The molecule has 82 valence electrons. The van der Waals surface area contributed by atoms with Gasteiger partial charge in [0.15, 0.2) is 0 Å². The summed E-state index contributed by atoms with van der Waals surface area (Å²) in [6.45, 7) is 4.19. The number of likely N-dealkylation sites (N-methyl/N-ethyl adjacent to an activating group) is 1. The maximum absolute atomic E-state index is 10.5. The molecular weight excluding hydrogens is 182 g/mol. The summed E-state index contributed by atoms with van der Waals surface area (Å²) in [5, 5.41) is 8.67. The SMILES string of the molecule is CC1CC(N(C)CC(=O)O)CC(C)O1. The Labute approximate surface area is 84.8 Å². The topological polar surface area (TPSA) is 49.8 Å². The summed E-state index contributed by atoms with van der Waals surface area (Å²) in [6, 6.07) is 0.338. The van der Waals surface area contributed by atoms with E-state index in [0.717, 1.165) is 12.8 Å². The standard InChI is InChI=1S/C10H19NO3/c1-7-4-9(5-8(2)14-7)11(3)6-10(12)13/h7-9H,4-6H2,1-3H3,(H,12,13). The van der Waals surface area contributed by atoms with Crippen molar-refractivity contribution in [2.45, 2.75) is 44.9 Å². The summed E-state index contributed by atoms with van der Waals surface area (Å²) < 4.78 is 5.60. The van der Waals surface area contributed by atoms with Crippen LogP contribution in [-0.4, -0.2) is 47.8 Å². The molecule has 1 heterocycles. The van der Waals surface area contributed by atoms with E-state index < -0.39 is 5.97 Å². The molecule has 0 amide bonds. The van der Waals surface area contributed by atoms with Gasteiger partial charge in [-0.05, 0) is 33.7 Å². The van der Waals surface area contributed by atoms with Crippen molar-refractivity contribution in [2.75, 3.05) is 13.6 Å². The number of ether oxygens (including phenoxy) is 1. The maximum Gasteiger partial charge on any atom is 0.317 e. The molecule has 2 unspecified atom stereocenters. The minimum absolute atomic E-state index is 0.115. The first-order chi connectivity index (χ1) is 6.49. The van der Waals surface area contributed by atoms with Crippen LogP contribution in [0.4, 0.5) is 0 Å². The molecule has 0 saturated carbocycles. The van der Waals surface area contributed by atoms with E-state index in [9.17, 15) is 4.79 Å². The van der Waals surface area contributed by atoms with Gasteiger partial charge in [-0.2, -0.15) is 0 Å². The quantitative estimate of drug-likeness (QED) is 0.739. The van der Waals surface area contributed by atoms with Gasteiger partial charge in [-0.25, -0.2) is 0 Å². The lowest BCUT2D eigenvalue weighted by atomic mass is 9.99. The van der Waals surface area contributed by atoms with Gasteiger partial charge in [0.2, 0.25) is 0 Å². The van der Waals surface area contributed by atoms with Gasteiger partial charge in [0, 0.05) is 6.04 Å². The zero-order valence-corrected chi connectivity index (χ0v) is 9.06. The number of hydrogen-bond acceptors (Lipinski definition) is 3. The number of carboxylic acids is 1. The molecule has 1 rings (SSSR count). The van der Waals surface area contributed by atoms with Gasteiger partial charge < -0.3 is 9.84 Å². The number of carboxylic acid groups (broad SMARTS) is 1. The Bertz CT molecular complexity index is 198. The average molecular weight is 201 g/mol. The van der Waals surface area contributed by atoms with Gasteiger partial charge >= 0.3 is 5.97 Å². The maximum atomic E-state index is 10.5. The Balaban J connectivity index is 2.46. The molecule has 1 fully saturated rings. The normalized spacial score (nSPS) is 33.3. The number of carbonyl (C=O) groups is 1. The molecule has 4 heteroatoms. The first kappa shape index (κ1) is 11.5. The number of nitrogens with zero attached hydrogens (tertiary/aromatic N) is 1. The van der Waals surface area contributed by atoms with Crippen molar-refractivity contribution in [3.63, 3.8) is 0 Å². The van der Waals surface area contributed by atoms with Crippen molar-refractivity contribution >= 4 is 5.97 Å². The predicted octanol–water partition coefficient (Wildman–Crippen LogP) is 0.959. The minimum atomic E-state index is -0.765. The Kier molecular flexibility index (Phi) is 3.89. The van der Waals surface area contributed by atoms with Gasteiger partial charge in [0.25, 0.3) is 0 Å². The van der Waals surface area contributed by atoms with Crippen molar-refractivity contribution in [3.8, 4) is 0 Å². The van der Waals surface area contributed by atoms with Gasteiger partial charge in [0.1, 0.15) is 0 Å². The Morgan fingerprint density at radius 3 is 2.36 bits per heavy atom. The van der Waals surface area contributed by atoms with Crippen LogP contribution < -0.4 is 0 Å². The second-order valence-electron chi connectivity index (χ2n) is 4.19. The van der Waals surface area contributed by atoms with E-state index in [1.807, 2.05) is 25.8 Å². The summed E-state index contributed by atoms with van der Waals surface area (Å²) in [4.78, 5) is 12.4. The van der Waals surface area contributed by atoms with E-state index in [1.54, 1.807) is 0 Å². The third-order valence-corrected chi connectivity index (χ3v) is 2.68. The van der Waals surface area contributed by atoms with Crippen LogP contribution in [0.3, 0.4) is 0 Å². The van der Waals surface area contributed by atoms with Crippen molar-refractivity contribution in [2.24, 2.45) is 0 Å². The highest BCUT2D eigenvalue weighted by atomic mass is 16.5. The summed E-state index contributed by atoms with van der Waals surface area (Å²) in [5.41, 5.74) is 0. The zero-order chi connectivity index (χ0) is 10.7. The van der Waals surface area contributed by atoms with Gasteiger partial charge in [-0.15, -0.1) is 0 Å². The van der Waals surface area contributed by atoms with Crippen LogP contribution in [-0.2, 0) is 9.53 Å². The van der Waals surface area contributed by atoms with E-state index in [-0.39, 0.29) is 18.8 Å². The molecule has 14 heavy (non-hydrogen) atoms. The van der Waals surface area contributed by atoms with Gasteiger partial charge in [-0.1, -0.05) is 0 Å². The van der Waals surface area contributed by atoms with Crippen LogP contribution in [0.5, 0.6) is 0 Å². The largest absolute Gasteiger partial charge is 0.480 e. The first-order valence-corrected chi connectivity index (χ1v) is 5.06. The minimum Gasteiger partial charge on any atom is -0.480 e. The smallest absolute Gasteiger partial charge is 0.317 e. The lowest BCUT2D eigenvalue weighted by Crippen LogP contribution is -2.44. The fourth-order valence-electron chi connectivity index (χ4n) is 2.07. The second kappa shape index (κ2) is 4.75. The lowest BCUT2D eigenvalue weighted by Gasteiger charge is -2.36. The lowest BCUT2D eigenvalue weighted by molar-refractivity contribution is -0.139. The molecule has 1 aliphatic rings. The molecule has 1 N–H and O–H groups in total. The second-order valence-corrected chi connectivity index (χ2v) is 4.19. The van der Waals surface area contributed by atoms with Crippen LogP contribution in [0.25, 0.3) is 0 Å². The van der Waals surface area contributed by atoms with Crippen molar-refractivity contribution in [3.05, 3.63) is 0 Å². The van der Waals surface area contributed by atoms with Crippen LogP contribution >= 0.6 is 0 Å². The van der Waals surface area contributed by atoms with E-state index >= 15 is 0 Å². The molecule has 0 radical (unpaired) electrons. The van der Waals surface area contributed by atoms with Crippen molar-refractivity contribution in [1.29, 1.82) is 0 Å². The molecule has 0 aliphatic carbocycles. The van der Waals surface area contributed by atoms with Crippen molar-refractivity contribution in [1.82, 2.24) is 4.90 Å². The Hall–Kier alpha value is -0.610.